The van der Waals surface area contributed by atoms with E-state index in [0.29, 0.717) is 39.0 Å². The van der Waals surface area contributed by atoms with E-state index in [-0.39, 0.29) is 29.2 Å². The lowest BCUT2D eigenvalue weighted by Crippen LogP contribution is -2.59. The molecule has 240 valence electrons. The summed E-state index contributed by atoms with van der Waals surface area (Å²) in [4.78, 5) is 48.7. The zero-order chi connectivity index (χ0) is 32.1. The van der Waals surface area contributed by atoms with Crippen LogP contribution < -0.4 is 0 Å². The molecule has 2 aromatic carbocycles. The normalized spacial score (nSPS) is 27.2. The molecule has 3 aliphatic rings. The minimum absolute atomic E-state index is 0.196. The van der Waals surface area contributed by atoms with Crippen LogP contribution in [0, 0.1) is 11.8 Å². The maximum Gasteiger partial charge on any atom is 0.248 e. The Balaban J connectivity index is 1.57. The first-order valence-corrected chi connectivity index (χ1v) is 16.8. The predicted octanol–water partition coefficient (Wildman–Crippen LogP) is 4.37. The van der Waals surface area contributed by atoms with Crippen LogP contribution in [0.3, 0.4) is 0 Å². The predicted molar refractivity (Wildman–Crippen MR) is 177 cm³/mol. The number of nitrogens with zero attached hydrogens (tertiary/aromatic N) is 3. The molecular formula is C36H44BrN3O5. The molecule has 7 atom stereocenters. The largest absolute Gasteiger partial charge is 0.394 e. The molecule has 45 heavy (non-hydrogen) atoms. The average Bonchev–Trinajstić information content (AvgIpc) is 3.65. The summed E-state index contributed by atoms with van der Waals surface area (Å²) in [5.74, 6) is -2.39. The zero-order valence-electron chi connectivity index (χ0n) is 26.0. The van der Waals surface area contributed by atoms with Gasteiger partial charge in [-0.15, -0.1) is 13.2 Å². The van der Waals surface area contributed by atoms with Crippen LogP contribution in [0.25, 0.3) is 0 Å². The molecule has 1 N–H and O–H groups in total. The minimum Gasteiger partial charge on any atom is -0.394 e. The number of hydrogen-bond donors (Lipinski definition) is 1. The highest BCUT2D eigenvalue weighted by Crippen LogP contribution is 2.61. The number of unbranched alkanes of at least 4 members (excludes halogenated alkanes) is 1. The highest BCUT2D eigenvalue weighted by Gasteiger charge is 2.77. The zero-order valence-corrected chi connectivity index (χ0v) is 27.6. The number of hydrogen-bond acceptors (Lipinski definition) is 5. The van der Waals surface area contributed by atoms with Gasteiger partial charge in [-0.1, -0.05) is 102 Å². The van der Waals surface area contributed by atoms with Crippen LogP contribution in [-0.2, 0) is 32.1 Å². The van der Waals surface area contributed by atoms with Gasteiger partial charge in [0.15, 0.2) is 0 Å². The van der Waals surface area contributed by atoms with E-state index in [9.17, 15) is 19.5 Å². The molecular weight excluding hydrogens is 634 g/mol. The molecule has 3 unspecified atom stereocenters. The average molecular weight is 679 g/mol. The molecule has 0 aliphatic carbocycles. The molecule has 0 radical (unpaired) electrons. The summed E-state index contributed by atoms with van der Waals surface area (Å²) in [5.41, 5.74) is 0.694. The number of likely N-dealkylation sites (tertiary alicyclic amines) is 1. The first-order valence-electron chi connectivity index (χ1n) is 15.9. The molecule has 8 nitrogen and oxygen atoms in total. The second-order valence-electron chi connectivity index (χ2n) is 12.4. The maximum absolute atomic E-state index is 14.8. The fraction of sp³-hybridized carbons (Fsp3) is 0.472. The van der Waals surface area contributed by atoms with Crippen LogP contribution in [0.5, 0.6) is 0 Å². The van der Waals surface area contributed by atoms with Crippen molar-refractivity contribution in [2.75, 3.05) is 26.2 Å². The lowest BCUT2D eigenvalue weighted by atomic mass is 9.70. The van der Waals surface area contributed by atoms with Gasteiger partial charge in [0.05, 0.1) is 30.6 Å². The van der Waals surface area contributed by atoms with E-state index in [1.54, 1.807) is 26.9 Å². The van der Waals surface area contributed by atoms with Gasteiger partial charge in [-0.2, -0.15) is 0 Å². The molecule has 5 rings (SSSR count). The number of aliphatic hydroxyl groups excluding tert-OH is 1. The number of carbonyl (C=O) groups is 3. The van der Waals surface area contributed by atoms with Crippen LogP contribution in [0.1, 0.15) is 37.3 Å². The van der Waals surface area contributed by atoms with Crippen molar-refractivity contribution in [1.82, 2.24) is 14.7 Å². The van der Waals surface area contributed by atoms with Crippen LogP contribution in [0.4, 0.5) is 0 Å². The summed E-state index contributed by atoms with van der Waals surface area (Å²) >= 11 is 3.79. The lowest BCUT2D eigenvalue weighted by molar-refractivity contribution is -0.151. The lowest BCUT2D eigenvalue weighted by Gasteiger charge is -2.39. The van der Waals surface area contributed by atoms with E-state index >= 15 is 0 Å². The number of fused-ring (bicyclic) bond motifs is 1. The van der Waals surface area contributed by atoms with Gasteiger partial charge in [0.25, 0.3) is 0 Å². The van der Waals surface area contributed by atoms with E-state index in [0.717, 1.165) is 24.0 Å². The molecule has 0 saturated carbocycles. The van der Waals surface area contributed by atoms with Gasteiger partial charge in [0.1, 0.15) is 11.6 Å². The fourth-order valence-corrected chi connectivity index (χ4v) is 8.47. The van der Waals surface area contributed by atoms with E-state index in [1.165, 1.54) is 0 Å². The van der Waals surface area contributed by atoms with Gasteiger partial charge in [-0.05, 0) is 30.4 Å². The van der Waals surface area contributed by atoms with Crippen molar-refractivity contribution in [3.8, 4) is 0 Å². The smallest absolute Gasteiger partial charge is 0.248 e. The molecule has 3 saturated heterocycles. The van der Waals surface area contributed by atoms with Crippen molar-refractivity contribution >= 4 is 33.7 Å². The topological polar surface area (TPSA) is 90.4 Å². The standard InChI is InChI=1S/C36H44BrN3O5/c1-4-7-20-38(18-5-2)35(44)32-36-22-28(37)31(45-36)29(33(42)39(19-6-3)23-26-16-12-9-13-17-26)30(36)34(43)40(32)27(24-41)21-25-14-10-8-11-15-25/h5-6,8-17,27-32,41H,2-4,7,18-24H2,1H3/t27-,28?,29+,30+,31+,32?,36?/m1/s1. The maximum atomic E-state index is 14.8. The SMILES string of the molecule is C=CCN(CCCC)C(=O)C1N([C@@H](CO)Cc2ccccc2)C(=O)[C@@H]2[C@H](C(=O)N(CC=C)Cc3ccccc3)[C@H]3OC12CC3Br. The van der Waals surface area contributed by atoms with Crippen molar-refractivity contribution in [3.05, 3.63) is 97.1 Å². The van der Waals surface area contributed by atoms with Crippen molar-refractivity contribution in [2.45, 2.75) is 67.8 Å². The summed E-state index contributed by atoms with van der Waals surface area (Å²) in [6.45, 7) is 11.0. The van der Waals surface area contributed by atoms with Gasteiger partial charge < -0.3 is 24.5 Å². The quantitative estimate of drug-likeness (QED) is 0.224. The molecule has 3 heterocycles. The first-order chi connectivity index (χ1) is 21.8. The third kappa shape index (κ3) is 6.27. The van der Waals surface area contributed by atoms with Crippen LogP contribution >= 0.6 is 15.9 Å². The Hall–Kier alpha value is -3.27. The van der Waals surface area contributed by atoms with E-state index in [1.807, 2.05) is 60.7 Å². The second kappa shape index (κ2) is 14.4. The van der Waals surface area contributed by atoms with Gasteiger partial charge in [0, 0.05) is 31.0 Å². The number of alkyl halides is 1. The number of amides is 3. The molecule has 1 spiro atoms. The number of carbonyl (C=O) groups excluding carboxylic acids is 3. The van der Waals surface area contributed by atoms with Gasteiger partial charge in [-0.3, -0.25) is 14.4 Å². The molecule has 2 aromatic rings. The summed E-state index contributed by atoms with van der Waals surface area (Å²) in [5, 5.41) is 10.8. The van der Waals surface area contributed by atoms with E-state index < -0.39 is 35.6 Å². The molecule has 0 aromatic heterocycles. The fourth-order valence-electron chi connectivity index (χ4n) is 7.53. The number of benzene rings is 2. The number of aliphatic hydroxyl groups is 1. The Kier molecular flexibility index (Phi) is 10.6. The number of rotatable bonds is 15. The van der Waals surface area contributed by atoms with Crippen LogP contribution in [0.2, 0.25) is 0 Å². The van der Waals surface area contributed by atoms with Gasteiger partial charge in [0.2, 0.25) is 17.7 Å². The minimum atomic E-state index is -1.21. The Morgan fingerprint density at radius 1 is 1.04 bits per heavy atom. The molecule has 3 aliphatic heterocycles. The number of ether oxygens (including phenoxy) is 1. The highest BCUT2D eigenvalue weighted by atomic mass is 79.9. The van der Waals surface area contributed by atoms with Gasteiger partial charge >= 0.3 is 0 Å². The summed E-state index contributed by atoms with van der Waals surface area (Å²) in [6.07, 6.45) is 5.28. The highest BCUT2D eigenvalue weighted by molar-refractivity contribution is 9.09. The Morgan fingerprint density at radius 2 is 1.67 bits per heavy atom. The summed E-state index contributed by atoms with van der Waals surface area (Å²) in [6, 6.07) is 17.7. The third-order valence-electron chi connectivity index (χ3n) is 9.48. The first kappa shape index (κ1) is 33.1. The third-order valence-corrected chi connectivity index (χ3v) is 10.3. The molecule has 3 amide bonds. The molecule has 2 bridgehead atoms. The Morgan fingerprint density at radius 3 is 2.27 bits per heavy atom. The van der Waals surface area contributed by atoms with E-state index in [2.05, 4.69) is 36.0 Å². The number of halogens is 1. The Bertz CT molecular complexity index is 1370. The molecule has 9 heteroatoms. The van der Waals surface area contributed by atoms with Gasteiger partial charge in [-0.25, -0.2) is 0 Å². The van der Waals surface area contributed by atoms with Crippen LogP contribution in [0.15, 0.2) is 86.0 Å². The van der Waals surface area contributed by atoms with Crippen molar-refractivity contribution in [1.29, 1.82) is 0 Å². The second-order valence-corrected chi connectivity index (χ2v) is 13.5. The van der Waals surface area contributed by atoms with Crippen LogP contribution in [-0.4, -0.2) is 92.4 Å². The summed E-state index contributed by atoms with van der Waals surface area (Å²) < 4.78 is 6.78. The van der Waals surface area contributed by atoms with E-state index in [4.69, 9.17) is 4.74 Å². The van der Waals surface area contributed by atoms with Crippen molar-refractivity contribution < 1.29 is 24.2 Å². The van der Waals surface area contributed by atoms with Crippen molar-refractivity contribution in [3.63, 3.8) is 0 Å². The molecule has 3 fully saturated rings. The van der Waals surface area contributed by atoms with Crippen molar-refractivity contribution in [2.24, 2.45) is 11.8 Å². The monoisotopic (exact) mass is 677 g/mol. The summed E-state index contributed by atoms with van der Waals surface area (Å²) in [7, 11) is 0. The Labute approximate surface area is 274 Å².